The van der Waals surface area contributed by atoms with Gasteiger partial charge >= 0.3 is 6.61 Å². The van der Waals surface area contributed by atoms with Gasteiger partial charge in [-0.25, -0.2) is 0 Å². The van der Waals surface area contributed by atoms with E-state index in [1.807, 2.05) is 0 Å². The van der Waals surface area contributed by atoms with E-state index < -0.39 is 11.5 Å². The molecule has 0 bridgehead atoms. The highest BCUT2D eigenvalue weighted by Crippen LogP contribution is 2.34. The molecule has 140 valence electrons. The van der Waals surface area contributed by atoms with Crippen molar-refractivity contribution >= 4 is 5.69 Å². The summed E-state index contributed by atoms with van der Waals surface area (Å²) in [5.41, 5.74) is 0.914. The van der Waals surface area contributed by atoms with Gasteiger partial charge in [-0.1, -0.05) is 5.16 Å². The number of ether oxygens (including phenoxy) is 2. The fourth-order valence-corrected chi connectivity index (χ4v) is 2.29. The van der Waals surface area contributed by atoms with Crippen LogP contribution in [0.2, 0.25) is 0 Å². The molecular weight excluding hydrogens is 364 g/mol. The molecule has 0 aliphatic carbocycles. The predicted octanol–water partition coefficient (Wildman–Crippen LogP) is 4.31. The van der Waals surface area contributed by atoms with Gasteiger partial charge in [0, 0.05) is 23.3 Å². The zero-order valence-electron chi connectivity index (χ0n) is 14.0. The highest BCUT2D eigenvalue weighted by Gasteiger charge is 2.16. The first kappa shape index (κ1) is 18.2. The number of nitro groups is 1. The molecule has 0 fully saturated rings. The highest BCUT2D eigenvalue weighted by molar-refractivity contribution is 5.63. The minimum Gasteiger partial charge on any atom is -0.490 e. The summed E-state index contributed by atoms with van der Waals surface area (Å²) < 4.78 is 39.9. The first-order valence-corrected chi connectivity index (χ1v) is 7.78. The lowest BCUT2D eigenvalue weighted by molar-refractivity contribution is -0.384. The number of alkyl halides is 2. The number of hydrogen-bond acceptors (Lipinski definition) is 7. The van der Waals surface area contributed by atoms with Crippen LogP contribution in [0.3, 0.4) is 0 Å². The van der Waals surface area contributed by atoms with Crippen LogP contribution in [-0.2, 0) is 0 Å². The van der Waals surface area contributed by atoms with Crippen LogP contribution in [0.5, 0.6) is 11.5 Å². The van der Waals surface area contributed by atoms with Crippen LogP contribution in [0.1, 0.15) is 6.92 Å². The smallest absolute Gasteiger partial charge is 0.387 e. The molecule has 0 amide bonds. The van der Waals surface area contributed by atoms with Crippen molar-refractivity contribution in [3.8, 4) is 34.3 Å². The third-order valence-corrected chi connectivity index (χ3v) is 3.47. The SMILES string of the molecule is CCOc1cc(-c2nc(-c3ccc([N+](=O)[O-])cc3)no2)ccc1OC(F)F. The number of non-ortho nitro benzene ring substituents is 1. The number of nitro benzene ring substituents is 1. The van der Waals surface area contributed by atoms with Crippen molar-refractivity contribution in [2.24, 2.45) is 0 Å². The molecule has 0 saturated heterocycles. The lowest BCUT2D eigenvalue weighted by Crippen LogP contribution is -2.04. The van der Waals surface area contributed by atoms with Crippen LogP contribution >= 0.6 is 0 Å². The quantitative estimate of drug-likeness (QED) is 0.447. The standard InChI is InChI=1S/C17H13F2N3O5/c1-2-25-14-9-11(5-8-13(14)26-17(18)19)16-20-15(21-27-16)10-3-6-12(7-4-10)22(23)24/h3-9,17H,2H2,1H3. The van der Waals surface area contributed by atoms with Crippen LogP contribution in [0, 0.1) is 10.1 Å². The Morgan fingerprint density at radius 2 is 1.85 bits per heavy atom. The lowest BCUT2D eigenvalue weighted by atomic mass is 10.2. The summed E-state index contributed by atoms with van der Waals surface area (Å²) in [5.74, 6) is 0.370. The molecule has 2 aromatic carbocycles. The van der Waals surface area contributed by atoms with E-state index in [9.17, 15) is 18.9 Å². The van der Waals surface area contributed by atoms with Gasteiger partial charge in [0.2, 0.25) is 5.82 Å². The Bertz CT molecular complexity index is 944. The summed E-state index contributed by atoms with van der Waals surface area (Å²) in [6.45, 7) is -1.02. The van der Waals surface area contributed by atoms with Crippen molar-refractivity contribution < 1.29 is 27.7 Å². The normalized spacial score (nSPS) is 10.8. The molecule has 10 heteroatoms. The van der Waals surface area contributed by atoms with Gasteiger partial charge in [-0.05, 0) is 37.3 Å². The van der Waals surface area contributed by atoms with E-state index in [2.05, 4.69) is 14.9 Å². The van der Waals surface area contributed by atoms with Gasteiger partial charge in [-0.2, -0.15) is 13.8 Å². The molecule has 0 aliphatic rings. The summed E-state index contributed by atoms with van der Waals surface area (Å²) in [6, 6.07) is 9.91. The minimum absolute atomic E-state index is 0.0570. The van der Waals surface area contributed by atoms with E-state index in [1.165, 1.54) is 42.5 Å². The zero-order chi connectivity index (χ0) is 19.4. The van der Waals surface area contributed by atoms with E-state index in [-0.39, 0.29) is 35.5 Å². The van der Waals surface area contributed by atoms with E-state index in [1.54, 1.807) is 6.92 Å². The second-order valence-electron chi connectivity index (χ2n) is 5.20. The van der Waals surface area contributed by atoms with Crippen molar-refractivity contribution in [3.63, 3.8) is 0 Å². The topological polar surface area (TPSA) is 101 Å². The number of benzene rings is 2. The number of nitrogens with zero attached hydrogens (tertiary/aromatic N) is 3. The summed E-state index contributed by atoms with van der Waals surface area (Å²) in [6.07, 6.45) is 0. The Morgan fingerprint density at radius 1 is 1.15 bits per heavy atom. The van der Waals surface area contributed by atoms with Crippen molar-refractivity contribution in [2.45, 2.75) is 13.5 Å². The molecule has 3 rings (SSSR count). The average Bonchev–Trinajstić information content (AvgIpc) is 3.13. The second kappa shape index (κ2) is 7.77. The Kier molecular flexibility index (Phi) is 5.25. The molecule has 0 unspecified atom stereocenters. The van der Waals surface area contributed by atoms with E-state index in [0.717, 1.165) is 0 Å². The minimum atomic E-state index is -2.98. The van der Waals surface area contributed by atoms with Crippen LogP contribution in [0.25, 0.3) is 22.8 Å². The van der Waals surface area contributed by atoms with Gasteiger partial charge in [0.1, 0.15) is 0 Å². The second-order valence-corrected chi connectivity index (χ2v) is 5.20. The maximum absolute atomic E-state index is 12.5. The molecule has 0 atom stereocenters. The van der Waals surface area contributed by atoms with Crippen LogP contribution < -0.4 is 9.47 Å². The Hall–Kier alpha value is -3.56. The van der Waals surface area contributed by atoms with Crippen LogP contribution in [-0.4, -0.2) is 28.3 Å². The maximum atomic E-state index is 12.5. The largest absolute Gasteiger partial charge is 0.490 e. The summed E-state index contributed by atoms with van der Waals surface area (Å²) in [7, 11) is 0. The molecular formula is C17H13F2N3O5. The first-order chi connectivity index (χ1) is 13.0. The fourth-order valence-electron chi connectivity index (χ4n) is 2.29. The van der Waals surface area contributed by atoms with Gasteiger partial charge in [-0.3, -0.25) is 10.1 Å². The molecule has 3 aromatic rings. The molecule has 0 saturated carbocycles. The Labute approximate surface area is 151 Å². The fraction of sp³-hybridized carbons (Fsp3) is 0.176. The molecule has 27 heavy (non-hydrogen) atoms. The monoisotopic (exact) mass is 377 g/mol. The van der Waals surface area contributed by atoms with Gasteiger partial charge in [0.25, 0.3) is 11.6 Å². The van der Waals surface area contributed by atoms with Gasteiger partial charge in [-0.15, -0.1) is 0 Å². The number of rotatable bonds is 7. The van der Waals surface area contributed by atoms with E-state index in [0.29, 0.717) is 11.1 Å². The summed E-state index contributed by atoms with van der Waals surface area (Å²) >= 11 is 0. The van der Waals surface area contributed by atoms with Gasteiger partial charge < -0.3 is 14.0 Å². The van der Waals surface area contributed by atoms with E-state index >= 15 is 0 Å². The maximum Gasteiger partial charge on any atom is 0.387 e. The molecule has 0 radical (unpaired) electrons. The predicted molar refractivity (Wildman–Crippen MR) is 89.6 cm³/mol. The van der Waals surface area contributed by atoms with Gasteiger partial charge in [0.05, 0.1) is 11.5 Å². The lowest BCUT2D eigenvalue weighted by Gasteiger charge is -2.11. The first-order valence-electron chi connectivity index (χ1n) is 7.78. The molecule has 1 heterocycles. The highest BCUT2D eigenvalue weighted by atomic mass is 19.3. The van der Waals surface area contributed by atoms with Crippen LogP contribution in [0.15, 0.2) is 47.0 Å². The number of aromatic nitrogens is 2. The zero-order valence-corrected chi connectivity index (χ0v) is 14.0. The number of halogens is 2. The third-order valence-electron chi connectivity index (χ3n) is 3.47. The number of hydrogen-bond donors (Lipinski definition) is 0. The van der Waals surface area contributed by atoms with Crippen LogP contribution in [0.4, 0.5) is 14.5 Å². The molecule has 8 nitrogen and oxygen atoms in total. The van der Waals surface area contributed by atoms with Crippen molar-refractivity contribution in [1.82, 2.24) is 10.1 Å². The summed E-state index contributed by atoms with van der Waals surface area (Å²) in [4.78, 5) is 14.4. The van der Waals surface area contributed by atoms with Gasteiger partial charge in [0.15, 0.2) is 11.5 Å². The molecule has 0 spiro atoms. The third kappa shape index (κ3) is 4.17. The van der Waals surface area contributed by atoms with Crippen molar-refractivity contribution in [1.29, 1.82) is 0 Å². The summed E-state index contributed by atoms with van der Waals surface area (Å²) in [5, 5.41) is 14.5. The van der Waals surface area contributed by atoms with Crippen molar-refractivity contribution in [3.05, 3.63) is 52.6 Å². The Balaban J connectivity index is 1.89. The van der Waals surface area contributed by atoms with Crippen molar-refractivity contribution in [2.75, 3.05) is 6.61 Å². The van der Waals surface area contributed by atoms with E-state index in [4.69, 9.17) is 9.26 Å². The molecule has 0 N–H and O–H groups in total. The molecule has 0 aliphatic heterocycles. The molecule has 1 aromatic heterocycles. The Morgan fingerprint density at radius 3 is 2.48 bits per heavy atom. The average molecular weight is 377 g/mol.